The first-order valence-corrected chi connectivity index (χ1v) is 9.67. The topological polar surface area (TPSA) is 63.2 Å². The van der Waals surface area contributed by atoms with Crippen molar-refractivity contribution in [1.29, 1.82) is 0 Å². The molecule has 0 aliphatic rings. The number of hydrogen-bond acceptors (Lipinski definition) is 3. The zero-order valence-electron chi connectivity index (χ0n) is 16.4. The molecule has 2 aromatic carbocycles. The van der Waals surface area contributed by atoms with Gasteiger partial charge in [-0.05, 0) is 30.2 Å². The van der Waals surface area contributed by atoms with Gasteiger partial charge in [0.05, 0.1) is 6.54 Å². The molecular formula is C23H24N4O2. The molecule has 0 aliphatic carbocycles. The Balaban J connectivity index is 1.46. The fourth-order valence-corrected chi connectivity index (χ4v) is 3.36. The number of hydrogen-bond donors (Lipinski definition) is 1. The first-order chi connectivity index (χ1) is 14.2. The van der Waals surface area contributed by atoms with Gasteiger partial charge < -0.3 is 19.2 Å². The summed E-state index contributed by atoms with van der Waals surface area (Å²) >= 11 is 0. The molecule has 6 nitrogen and oxygen atoms in total. The maximum absolute atomic E-state index is 12.9. The smallest absolute Gasteiger partial charge is 0.260 e. The molecule has 0 radical (unpaired) electrons. The van der Waals surface area contributed by atoms with Crippen LogP contribution in [0.3, 0.4) is 0 Å². The van der Waals surface area contributed by atoms with Gasteiger partial charge in [0.15, 0.2) is 6.61 Å². The third-order valence-corrected chi connectivity index (χ3v) is 5.04. The summed E-state index contributed by atoms with van der Waals surface area (Å²) in [6, 6.07) is 17.6. The number of aryl methyl sites for hydroxylation is 1. The monoisotopic (exact) mass is 388 g/mol. The molecule has 0 saturated heterocycles. The van der Waals surface area contributed by atoms with Crippen LogP contribution in [0.2, 0.25) is 0 Å². The van der Waals surface area contributed by atoms with E-state index in [1.54, 1.807) is 6.20 Å². The summed E-state index contributed by atoms with van der Waals surface area (Å²) in [5.74, 6) is 1.48. The van der Waals surface area contributed by atoms with Crippen molar-refractivity contribution < 1.29 is 9.53 Å². The van der Waals surface area contributed by atoms with E-state index in [4.69, 9.17) is 4.74 Å². The number of amides is 1. The van der Waals surface area contributed by atoms with E-state index < -0.39 is 0 Å². The van der Waals surface area contributed by atoms with Crippen LogP contribution in [0.1, 0.15) is 11.4 Å². The Bertz CT molecular complexity index is 1080. The van der Waals surface area contributed by atoms with Crippen molar-refractivity contribution in [2.75, 3.05) is 13.2 Å². The quantitative estimate of drug-likeness (QED) is 0.502. The van der Waals surface area contributed by atoms with Gasteiger partial charge in [-0.3, -0.25) is 4.79 Å². The molecule has 4 aromatic rings. The van der Waals surface area contributed by atoms with Crippen molar-refractivity contribution in [3.8, 4) is 5.75 Å². The van der Waals surface area contributed by atoms with Gasteiger partial charge in [0, 0.05) is 43.1 Å². The van der Waals surface area contributed by atoms with E-state index in [2.05, 4.69) is 22.1 Å². The second-order valence-electron chi connectivity index (χ2n) is 6.98. The molecule has 2 heterocycles. The number of H-pyrrole nitrogens is 1. The number of nitrogens with zero attached hydrogens (tertiary/aromatic N) is 3. The van der Waals surface area contributed by atoms with Crippen LogP contribution >= 0.6 is 0 Å². The Morgan fingerprint density at radius 3 is 2.72 bits per heavy atom. The Morgan fingerprint density at radius 1 is 1.14 bits per heavy atom. The lowest BCUT2D eigenvalue weighted by Crippen LogP contribution is -2.36. The highest BCUT2D eigenvalue weighted by Gasteiger charge is 2.17. The van der Waals surface area contributed by atoms with Crippen LogP contribution in [-0.2, 0) is 24.8 Å². The Labute approximate surface area is 169 Å². The summed E-state index contributed by atoms with van der Waals surface area (Å²) in [6.45, 7) is 1.04. The lowest BCUT2D eigenvalue weighted by molar-refractivity contribution is -0.134. The highest BCUT2D eigenvalue weighted by atomic mass is 16.5. The van der Waals surface area contributed by atoms with E-state index in [1.165, 1.54) is 10.9 Å². The summed E-state index contributed by atoms with van der Waals surface area (Å²) in [6.07, 6.45) is 6.41. The van der Waals surface area contributed by atoms with Crippen molar-refractivity contribution in [1.82, 2.24) is 19.4 Å². The van der Waals surface area contributed by atoms with Gasteiger partial charge in [-0.2, -0.15) is 0 Å². The van der Waals surface area contributed by atoms with Crippen LogP contribution in [0.5, 0.6) is 5.75 Å². The first-order valence-electron chi connectivity index (χ1n) is 9.67. The second-order valence-corrected chi connectivity index (χ2v) is 6.98. The van der Waals surface area contributed by atoms with Crippen LogP contribution in [0.4, 0.5) is 0 Å². The standard InChI is InChI=1S/C23H24N4O2/c1-26-14-12-24-22(26)16-27(23(28)17-29-19-7-3-2-4-8-19)13-11-18-15-25-21-10-6-5-9-20(18)21/h2-10,12,14-15,25H,11,13,16-17H2,1H3. The number of carbonyl (C=O) groups is 1. The number of para-hydroxylation sites is 2. The van der Waals surface area contributed by atoms with E-state index in [1.807, 2.05) is 71.4 Å². The summed E-state index contributed by atoms with van der Waals surface area (Å²) in [4.78, 5) is 22.4. The molecule has 0 aliphatic heterocycles. The minimum atomic E-state index is -0.0586. The van der Waals surface area contributed by atoms with E-state index in [9.17, 15) is 4.79 Å². The van der Waals surface area contributed by atoms with Gasteiger partial charge in [0.2, 0.25) is 0 Å². The summed E-state index contributed by atoms with van der Waals surface area (Å²) in [5.41, 5.74) is 2.30. The number of nitrogens with one attached hydrogen (secondary N) is 1. The number of aromatic amines is 1. The van der Waals surface area contributed by atoms with Gasteiger partial charge in [-0.15, -0.1) is 0 Å². The average molecular weight is 388 g/mol. The highest BCUT2D eigenvalue weighted by molar-refractivity contribution is 5.83. The third kappa shape index (κ3) is 4.48. The fourth-order valence-electron chi connectivity index (χ4n) is 3.36. The third-order valence-electron chi connectivity index (χ3n) is 5.04. The van der Waals surface area contributed by atoms with Crippen LogP contribution < -0.4 is 4.74 Å². The van der Waals surface area contributed by atoms with Gasteiger partial charge in [0.25, 0.3) is 5.91 Å². The summed E-state index contributed by atoms with van der Waals surface area (Å²) < 4.78 is 7.62. The lowest BCUT2D eigenvalue weighted by Gasteiger charge is -2.22. The van der Waals surface area contributed by atoms with Crippen LogP contribution in [0, 0.1) is 0 Å². The zero-order valence-corrected chi connectivity index (χ0v) is 16.4. The fraction of sp³-hybridized carbons (Fsp3) is 0.217. The van der Waals surface area contributed by atoms with Crippen LogP contribution in [0.25, 0.3) is 10.9 Å². The van der Waals surface area contributed by atoms with E-state index in [0.717, 1.165) is 17.8 Å². The number of ether oxygens (including phenoxy) is 1. The number of fused-ring (bicyclic) bond motifs is 1. The molecule has 6 heteroatoms. The molecule has 148 valence electrons. The molecule has 0 saturated carbocycles. The number of rotatable bonds is 8. The predicted octanol–water partition coefficient (Wildman–Crippen LogP) is 3.55. The van der Waals surface area contributed by atoms with Gasteiger partial charge in [0.1, 0.15) is 11.6 Å². The molecule has 29 heavy (non-hydrogen) atoms. The van der Waals surface area contributed by atoms with E-state index in [-0.39, 0.29) is 12.5 Å². The van der Waals surface area contributed by atoms with Crippen molar-refractivity contribution >= 4 is 16.8 Å². The molecule has 1 N–H and O–H groups in total. The molecule has 4 rings (SSSR count). The average Bonchev–Trinajstić information content (AvgIpc) is 3.36. The minimum absolute atomic E-state index is 0.00230. The Kier molecular flexibility index (Phi) is 5.61. The molecule has 1 amide bonds. The summed E-state index contributed by atoms with van der Waals surface area (Å²) in [7, 11) is 1.94. The molecule has 0 spiro atoms. The van der Waals surface area contributed by atoms with Gasteiger partial charge in [-0.1, -0.05) is 36.4 Å². The molecule has 0 fully saturated rings. The van der Waals surface area contributed by atoms with Gasteiger partial charge in [-0.25, -0.2) is 4.98 Å². The van der Waals surface area contributed by atoms with Crippen molar-refractivity contribution in [2.24, 2.45) is 7.05 Å². The maximum atomic E-state index is 12.9. The molecule has 0 bridgehead atoms. The SMILES string of the molecule is Cn1ccnc1CN(CCc1c[nH]c2ccccc12)C(=O)COc1ccccc1. The Morgan fingerprint density at radius 2 is 1.93 bits per heavy atom. The summed E-state index contributed by atoms with van der Waals surface area (Å²) in [5, 5.41) is 1.19. The van der Waals surface area contributed by atoms with E-state index >= 15 is 0 Å². The normalized spacial score (nSPS) is 10.9. The molecular weight excluding hydrogens is 364 g/mol. The predicted molar refractivity (Wildman–Crippen MR) is 113 cm³/mol. The first kappa shape index (κ1) is 18.8. The van der Waals surface area contributed by atoms with Crippen LogP contribution in [0.15, 0.2) is 73.2 Å². The van der Waals surface area contributed by atoms with Crippen molar-refractivity contribution in [3.05, 3.63) is 84.6 Å². The largest absolute Gasteiger partial charge is 0.484 e. The van der Waals surface area contributed by atoms with Gasteiger partial charge >= 0.3 is 0 Å². The lowest BCUT2D eigenvalue weighted by atomic mass is 10.1. The molecule has 2 aromatic heterocycles. The Hall–Kier alpha value is -3.54. The molecule has 0 unspecified atom stereocenters. The van der Waals surface area contributed by atoms with E-state index in [0.29, 0.717) is 18.8 Å². The maximum Gasteiger partial charge on any atom is 0.260 e. The minimum Gasteiger partial charge on any atom is -0.484 e. The van der Waals surface area contributed by atoms with Crippen molar-refractivity contribution in [3.63, 3.8) is 0 Å². The second kappa shape index (κ2) is 8.65. The zero-order chi connectivity index (χ0) is 20.1. The van der Waals surface area contributed by atoms with Crippen molar-refractivity contribution in [2.45, 2.75) is 13.0 Å². The number of benzene rings is 2. The number of imidazole rings is 1. The molecule has 0 atom stereocenters. The number of aromatic nitrogens is 3. The van der Waals surface area contributed by atoms with Crippen LogP contribution in [-0.4, -0.2) is 38.5 Å². The highest BCUT2D eigenvalue weighted by Crippen LogP contribution is 2.19. The number of carbonyl (C=O) groups excluding carboxylic acids is 1.